The van der Waals surface area contributed by atoms with Gasteiger partial charge in [0.05, 0.1) is 5.69 Å². The maximum Gasteiger partial charge on any atom is 0.194 e. The SMILES string of the molecule is CCNC(=NCc1cc(CC)no1)N1CC2CCCCC2C1. The molecule has 2 fully saturated rings. The van der Waals surface area contributed by atoms with Crippen LogP contribution in [0.2, 0.25) is 0 Å². The van der Waals surface area contributed by atoms with E-state index in [-0.39, 0.29) is 0 Å². The lowest BCUT2D eigenvalue weighted by Crippen LogP contribution is -2.40. The Morgan fingerprint density at radius 3 is 2.64 bits per heavy atom. The summed E-state index contributed by atoms with van der Waals surface area (Å²) < 4.78 is 5.34. The smallest absolute Gasteiger partial charge is 0.194 e. The van der Waals surface area contributed by atoms with Crippen LogP contribution in [0.15, 0.2) is 15.6 Å². The van der Waals surface area contributed by atoms with Gasteiger partial charge in [-0.15, -0.1) is 0 Å². The maximum absolute atomic E-state index is 5.34. The summed E-state index contributed by atoms with van der Waals surface area (Å²) >= 11 is 0. The molecule has 2 aliphatic rings. The average molecular weight is 304 g/mol. The average Bonchev–Trinajstić information content (AvgIpc) is 3.17. The topological polar surface area (TPSA) is 53.7 Å². The first-order valence-electron chi connectivity index (χ1n) is 8.77. The standard InChI is InChI=1S/C17H28N4O/c1-3-15-9-16(22-20-15)10-19-17(18-4-2)21-11-13-7-5-6-8-14(13)12-21/h9,13-14H,3-8,10-12H2,1-2H3,(H,18,19). The summed E-state index contributed by atoms with van der Waals surface area (Å²) in [7, 11) is 0. The summed E-state index contributed by atoms with van der Waals surface area (Å²) in [6, 6.07) is 2.01. The Labute approximate surface area is 133 Å². The Morgan fingerprint density at radius 1 is 1.32 bits per heavy atom. The minimum atomic E-state index is 0.571. The van der Waals surface area contributed by atoms with Gasteiger partial charge < -0.3 is 14.7 Å². The Bertz CT molecular complexity index is 497. The molecule has 1 aliphatic heterocycles. The molecule has 0 aromatic carbocycles. The van der Waals surface area contributed by atoms with Gasteiger partial charge in [-0.3, -0.25) is 0 Å². The Morgan fingerprint density at radius 2 is 2.05 bits per heavy atom. The molecule has 3 rings (SSSR count). The number of rotatable bonds is 4. The number of hydrogen-bond acceptors (Lipinski definition) is 3. The van der Waals surface area contributed by atoms with Crippen LogP contribution < -0.4 is 5.32 Å². The van der Waals surface area contributed by atoms with E-state index in [0.717, 1.165) is 55.3 Å². The minimum Gasteiger partial charge on any atom is -0.359 e. The molecule has 2 atom stereocenters. The van der Waals surface area contributed by atoms with Crippen molar-refractivity contribution in [1.29, 1.82) is 0 Å². The number of guanidine groups is 1. The van der Waals surface area contributed by atoms with Gasteiger partial charge in [-0.1, -0.05) is 24.9 Å². The zero-order chi connectivity index (χ0) is 15.4. The summed E-state index contributed by atoms with van der Waals surface area (Å²) in [5.74, 6) is 3.62. The Balaban J connectivity index is 1.65. The highest BCUT2D eigenvalue weighted by atomic mass is 16.5. The van der Waals surface area contributed by atoms with Crippen molar-refractivity contribution in [3.05, 3.63) is 17.5 Å². The van der Waals surface area contributed by atoms with Crippen LogP contribution in [-0.2, 0) is 13.0 Å². The number of hydrogen-bond donors (Lipinski definition) is 1. The number of aliphatic imine (C=N–C) groups is 1. The molecule has 0 spiro atoms. The number of aryl methyl sites for hydroxylation is 1. The molecule has 5 nitrogen and oxygen atoms in total. The van der Waals surface area contributed by atoms with Crippen LogP contribution >= 0.6 is 0 Å². The number of nitrogens with zero attached hydrogens (tertiary/aromatic N) is 3. The van der Waals surface area contributed by atoms with Crippen LogP contribution in [0.1, 0.15) is 51.0 Å². The van der Waals surface area contributed by atoms with Gasteiger partial charge in [0.25, 0.3) is 0 Å². The van der Waals surface area contributed by atoms with Crippen molar-refractivity contribution in [2.75, 3.05) is 19.6 Å². The van der Waals surface area contributed by atoms with E-state index in [1.165, 1.54) is 25.7 Å². The molecule has 2 unspecified atom stereocenters. The molecular formula is C17H28N4O. The molecule has 22 heavy (non-hydrogen) atoms. The third-order valence-electron chi connectivity index (χ3n) is 4.97. The van der Waals surface area contributed by atoms with Gasteiger partial charge in [0.2, 0.25) is 0 Å². The Kier molecular flexibility index (Phi) is 5.01. The van der Waals surface area contributed by atoms with Crippen molar-refractivity contribution in [2.45, 2.75) is 52.5 Å². The second-order valence-corrected chi connectivity index (χ2v) is 6.52. The predicted octanol–water partition coefficient (Wildman–Crippen LogP) is 2.82. The van der Waals surface area contributed by atoms with E-state index < -0.39 is 0 Å². The fourth-order valence-corrected chi connectivity index (χ4v) is 3.75. The second-order valence-electron chi connectivity index (χ2n) is 6.52. The molecule has 1 N–H and O–H groups in total. The first-order valence-corrected chi connectivity index (χ1v) is 8.77. The molecule has 1 aromatic heterocycles. The van der Waals surface area contributed by atoms with Crippen molar-refractivity contribution in [3.8, 4) is 0 Å². The fourth-order valence-electron chi connectivity index (χ4n) is 3.75. The molecule has 1 saturated carbocycles. The highest BCUT2D eigenvalue weighted by Crippen LogP contribution is 2.35. The van der Waals surface area contributed by atoms with Gasteiger partial charge in [-0.25, -0.2) is 4.99 Å². The van der Waals surface area contributed by atoms with Gasteiger partial charge in [-0.2, -0.15) is 0 Å². The van der Waals surface area contributed by atoms with Crippen LogP contribution in [-0.4, -0.2) is 35.7 Å². The summed E-state index contributed by atoms with van der Waals surface area (Å²) in [5.41, 5.74) is 1.00. The molecule has 122 valence electrons. The van der Waals surface area contributed by atoms with E-state index in [2.05, 4.69) is 29.2 Å². The zero-order valence-electron chi connectivity index (χ0n) is 13.8. The first-order chi connectivity index (χ1) is 10.8. The highest BCUT2D eigenvalue weighted by molar-refractivity contribution is 5.80. The molecule has 0 amide bonds. The van der Waals surface area contributed by atoms with Crippen LogP contribution in [0.3, 0.4) is 0 Å². The quantitative estimate of drug-likeness (QED) is 0.686. The van der Waals surface area contributed by atoms with E-state index >= 15 is 0 Å². The monoisotopic (exact) mass is 304 g/mol. The van der Waals surface area contributed by atoms with Crippen LogP contribution in [0.5, 0.6) is 0 Å². The van der Waals surface area contributed by atoms with E-state index in [4.69, 9.17) is 9.52 Å². The number of fused-ring (bicyclic) bond motifs is 1. The van der Waals surface area contributed by atoms with E-state index in [0.29, 0.717) is 6.54 Å². The van der Waals surface area contributed by atoms with E-state index in [9.17, 15) is 0 Å². The second kappa shape index (κ2) is 7.16. The summed E-state index contributed by atoms with van der Waals surface area (Å²) in [5, 5.41) is 7.48. The zero-order valence-corrected chi connectivity index (χ0v) is 13.8. The lowest BCUT2D eigenvalue weighted by Gasteiger charge is -2.22. The maximum atomic E-state index is 5.34. The van der Waals surface area contributed by atoms with Crippen molar-refractivity contribution in [1.82, 2.24) is 15.4 Å². The van der Waals surface area contributed by atoms with E-state index in [1.54, 1.807) is 0 Å². The van der Waals surface area contributed by atoms with Crippen LogP contribution in [0.4, 0.5) is 0 Å². The lowest BCUT2D eigenvalue weighted by atomic mass is 9.82. The summed E-state index contributed by atoms with van der Waals surface area (Å²) in [6.45, 7) is 8.01. The molecule has 1 aliphatic carbocycles. The van der Waals surface area contributed by atoms with Crippen molar-refractivity contribution in [3.63, 3.8) is 0 Å². The molecule has 0 radical (unpaired) electrons. The highest BCUT2D eigenvalue weighted by Gasteiger charge is 2.35. The van der Waals surface area contributed by atoms with E-state index in [1.807, 2.05) is 6.07 Å². The number of nitrogens with one attached hydrogen (secondary N) is 1. The van der Waals surface area contributed by atoms with Crippen molar-refractivity contribution < 1.29 is 4.52 Å². The molecule has 5 heteroatoms. The van der Waals surface area contributed by atoms with Crippen LogP contribution in [0, 0.1) is 11.8 Å². The fraction of sp³-hybridized carbons (Fsp3) is 0.765. The normalized spacial score (nSPS) is 25.4. The molecule has 2 heterocycles. The molecule has 1 aromatic rings. The molecule has 0 bridgehead atoms. The summed E-state index contributed by atoms with van der Waals surface area (Å²) in [6.07, 6.45) is 6.49. The first kappa shape index (κ1) is 15.4. The van der Waals surface area contributed by atoms with Crippen LogP contribution in [0.25, 0.3) is 0 Å². The predicted molar refractivity (Wildman–Crippen MR) is 87.7 cm³/mol. The van der Waals surface area contributed by atoms with Gasteiger partial charge in [0.15, 0.2) is 11.7 Å². The lowest BCUT2D eigenvalue weighted by molar-refractivity contribution is 0.299. The Hall–Kier alpha value is -1.52. The van der Waals surface area contributed by atoms with Crippen molar-refractivity contribution in [2.24, 2.45) is 16.8 Å². The third kappa shape index (κ3) is 3.45. The molecule has 1 saturated heterocycles. The number of likely N-dealkylation sites (tertiary alicyclic amines) is 1. The van der Waals surface area contributed by atoms with Gasteiger partial charge in [0, 0.05) is 25.7 Å². The van der Waals surface area contributed by atoms with Gasteiger partial charge >= 0.3 is 0 Å². The number of aromatic nitrogens is 1. The largest absolute Gasteiger partial charge is 0.359 e. The summed E-state index contributed by atoms with van der Waals surface area (Å²) in [4.78, 5) is 7.21. The minimum absolute atomic E-state index is 0.571. The van der Waals surface area contributed by atoms with Gasteiger partial charge in [-0.05, 0) is 38.0 Å². The molecular weight excluding hydrogens is 276 g/mol. The van der Waals surface area contributed by atoms with Gasteiger partial charge in [0.1, 0.15) is 6.54 Å². The third-order valence-corrected chi connectivity index (χ3v) is 4.97. The van der Waals surface area contributed by atoms with Crippen molar-refractivity contribution >= 4 is 5.96 Å².